The van der Waals surface area contributed by atoms with Crippen LogP contribution < -0.4 is 0 Å². The van der Waals surface area contributed by atoms with Crippen LogP contribution in [-0.2, 0) is 0 Å². The normalized spacial score (nSPS) is 10.6. The first-order valence-electron chi connectivity index (χ1n) is 7.47. The number of nitrogens with zero attached hydrogens (tertiary/aromatic N) is 2. The summed E-state index contributed by atoms with van der Waals surface area (Å²) in [7, 11) is 0. The molecular weight excluding hydrogens is 289 g/mol. The maximum absolute atomic E-state index is 13.0. The van der Waals surface area contributed by atoms with Gasteiger partial charge in [-0.15, -0.1) is 0 Å². The number of para-hydroxylation sites is 1. The van der Waals surface area contributed by atoms with Crippen LogP contribution in [0.25, 0.3) is 21.9 Å². The van der Waals surface area contributed by atoms with Crippen molar-refractivity contribution in [2.45, 2.75) is 20.8 Å². The summed E-state index contributed by atoms with van der Waals surface area (Å²) in [5.74, 6) is 0.615. The van der Waals surface area contributed by atoms with Gasteiger partial charge in [-0.2, -0.15) is 0 Å². The van der Waals surface area contributed by atoms with Crippen molar-refractivity contribution in [3.8, 4) is 0 Å². The van der Waals surface area contributed by atoms with Crippen LogP contribution in [0.4, 0.5) is 4.39 Å². The Kier molecular flexibility index (Phi) is 4.06. The highest BCUT2D eigenvalue weighted by molar-refractivity contribution is 5.78. The molecule has 2 aromatic heterocycles. The van der Waals surface area contributed by atoms with Gasteiger partial charge in [-0.1, -0.05) is 18.2 Å². The van der Waals surface area contributed by atoms with Crippen molar-refractivity contribution in [2.75, 3.05) is 0 Å². The van der Waals surface area contributed by atoms with Crippen LogP contribution >= 0.6 is 0 Å². The van der Waals surface area contributed by atoms with Gasteiger partial charge in [-0.3, -0.25) is 4.98 Å². The summed E-state index contributed by atoms with van der Waals surface area (Å²) in [6.45, 7) is 5.65. The Morgan fingerprint density at radius 1 is 0.957 bits per heavy atom. The van der Waals surface area contributed by atoms with E-state index in [0.29, 0.717) is 11.1 Å². The van der Waals surface area contributed by atoms with E-state index in [1.54, 1.807) is 13.0 Å². The predicted molar refractivity (Wildman–Crippen MR) is 92.0 cm³/mol. The molecule has 0 bridgehead atoms. The summed E-state index contributed by atoms with van der Waals surface area (Å²) in [5.41, 5.74) is 4.51. The number of benzene rings is 2. The highest BCUT2D eigenvalue weighted by Gasteiger charge is 2.03. The van der Waals surface area contributed by atoms with Crippen LogP contribution in [0.15, 0.2) is 48.7 Å². The van der Waals surface area contributed by atoms with Crippen LogP contribution in [0.1, 0.15) is 17.0 Å². The van der Waals surface area contributed by atoms with Gasteiger partial charge in [0, 0.05) is 17.6 Å². The van der Waals surface area contributed by atoms with E-state index in [2.05, 4.69) is 34.0 Å². The fraction of sp³-hybridized carbons (Fsp3) is 0.158. The lowest BCUT2D eigenvalue weighted by Crippen LogP contribution is -1.81. The van der Waals surface area contributed by atoms with Crippen LogP contribution in [0.5, 0.6) is 0 Å². The highest BCUT2D eigenvalue weighted by atomic mass is 19.1. The number of aromatic nitrogens is 3. The number of rotatable bonds is 0. The Morgan fingerprint density at radius 2 is 1.74 bits per heavy atom. The van der Waals surface area contributed by atoms with Gasteiger partial charge in [0.2, 0.25) is 0 Å². The summed E-state index contributed by atoms with van der Waals surface area (Å²) in [4.78, 5) is 11.4. The van der Waals surface area contributed by atoms with E-state index < -0.39 is 0 Å². The van der Waals surface area contributed by atoms with Gasteiger partial charge in [-0.25, -0.2) is 9.37 Å². The number of imidazole rings is 1. The molecule has 23 heavy (non-hydrogen) atoms. The molecule has 2 aromatic carbocycles. The molecule has 0 aliphatic rings. The Labute approximate surface area is 134 Å². The number of aryl methyl sites for hydroxylation is 3. The standard InChI is InChI=1S/C10H9N.C9H9FN2/c1-8-6-9-4-2-3-5-10(9)11-7-8;1-5-3-8-9(4-7(5)10)12-6(2)11-8/h2-7H,1H3;3-4H,1-2H3,(H,11,12). The number of aromatic amines is 1. The minimum Gasteiger partial charge on any atom is -0.342 e. The summed E-state index contributed by atoms with van der Waals surface area (Å²) < 4.78 is 13.0. The summed E-state index contributed by atoms with van der Waals surface area (Å²) >= 11 is 0. The van der Waals surface area contributed by atoms with E-state index in [-0.39, 0.29) is 5.82 Å². The highest BCUT2D eigenvalue weighted by Crippen LogP contribution is 2.16. The molecule has 0 amide bonds. The minimum absolute atomic E-state index is 0.200. The number of nitrogens with one attached hydrogen (secondary N) is 1. The second-order valence-corrected chi connectivity index (χ2v) is 5.65. The van der Waals surface area contributed by atoms with Gasteiger partial charge >= 0.3 is 0 Å². The Balaban J connectivity index is 0.000000136. The van der Waals surface area contributed by atoms with Gasteiger partial charge in [-0.05, 0) is 50.1 Å². The molecular formula is C19H18FN3. The monoisotopic (exact) mass is 307 g/mol. The molecule has 4 rings (SSSR count). The van der Waals surface area contributed by atoms with E-state index in [1.165, 1.54) is 17.0 Å². The Hall–Kier alpha value is -2.75. The van der Waals surface area contributed by atoms with E-state index in [0.717, 1.165) is 16.9 Å². The van der Waals surface area contributed by atoms with Crippen molar-refractivity contribution in [3.05, 3.63) is 71.4 Å². The van der Waals surface area contributed by atoms with E-state index in [4.69, 9.17) is 0 Å². The summed E-state index contributed by atoms with van der Waals surface area (Å²) in [6.07, 6.45) is 1.89. The third kappa shape index (κ3) is 3.37. The van der Waals surface area contributed by atoms with Crippen molar-refractivity contribution in [1.82, 2.24) is 15.0 Å². The number of halogens is 1. The first kappa shape index (κ1) is 15.2. The van der Waals surface area contributed by atoms with Crippen LogP contribution in [-0.4, -0.2) is 15.0 Å². The number of hydrogen-bond acceptors (Lipinski definition) is 2. The molecule has 3 nitrogen and oxygen atoms in total. The zero-order valence-electron chi connectivity index (χ0n) is 13.4. The second-order valence-electron chi connectivity index (χ2n) is 5.65. The quantitative estimate of drug-likeness (QED) is 0.504. The van der Waals surface area contributed by atoms with Crippen LogP contribution in [0, 0.1) is 26.6 Å². The van der Waals surface area contributed by atoms with Gasteiger partial charge in [0.15, 0.2) is 0 Å². The average Bonchev–Trinajstić information content (AvgIpc) is 2.87. The molecule has 1 N–H and O–H groups in total. The lowest BCUT2D eigenvalue weighted by molar-refractivity contribution is 0.620. The molecule has 0 atom stereocenters. The molecule has 0 radical (unpaired) electrons. The van der Waals surface area contributed by atoms with Crippen molar-refractivity contribution in [1.29, 1.82) is 0 Å². The number of H-pyrrole nitrogens is 1. The van der Waals surface area contributed by atoms with Gasteiger partial charge in [0.1, 0.15) is 11.6 Å². The van der Waals surface area contributed by atoms with Gasteiger partial charge in [0.05, 0.1) is 16.6 Å². The topological polar surface area (TPSA) is 41.6 Å². The van der Waals surface area contributed by atoms with Crippen molar-refractivity contribution < 1.29 is 4.39 Å². The fourth-order valence-corrected chi connectivity index (χ4v) is 2.45. The molecule has 2 heterocycles. The van der Waals surface area contributed by atoms with Crippen molar-refractivity contribution in [3.63, 3.8) is 0 Å². The first-order chi connectivity index (χ1) is 11.0. The largest absolute Gasteiger partial charge is 0.342 e. The van der Waals surface area contributed by atoms with Gasteiger partial charge < -0.3 is 4.98 Å². The van der Waals surface area contributed by atoms with Crippen LogP contribution in [0.2, 0.25) is 0 Å². The summed E-state index contributed by atoms with van der Waals surface area (Å²) in [6, 6.07) is 13.5. The third-order valence-electron chi connectivity index (χ3n) is 3.61. The van der Waals surface area contributed by atoms with Crippen molar-refractivity contribution >= 4 is 21.9 Å². The molecule has 0 spiro atoms. The molecule has 4 heteroatoms. The number of pyridine rings is 1. The maximum Gasteiger partial charge on any atom is 0.128 e. The lowest BCUT2D eigenvalue weighted by Gasteiger charge is -1.95. The second kappa shape index (κ2) is 6.16. The molecule has 0 saturated heterocycles. The first-order valence-corrected chi connectivity index (χ1v) is 7.47. The Bertz CT molecular complexity index is 934. The number of fused-ring (bicyclic) bond motifs is 2. The fourth-order valence-electron chi connectivity index (χ4n) is 2.45. The number of hydrogen-bond donors (Lipinski definition) is 1. The SMILES string of the molecule is Cc1cnc2ccccc2c1.Cc1nc2cc(F)c(C)cc2[nH]1. The molecule has 0 unspecified atom stereocenters. The maximum atomic E-state index is 13.0. The molecule has 0 fully saturated rings. The summed E-state index contributed by atoms with van der Waals surface area (Å²) in [5, 5.41) is 1.22. The van der Waals surface area contributed by atoms with E-state index >= 15 is 0 Å². The zero-order valence-corrected chi connectivity index (χ0v) is 13.4. The van der Waals surface area contributed by atoms with Crippen molar-refractivity contribution in [2.24, 2.45) is 0 Å². The Morgan fingerprint density at radius 3 is 2.57 bits per heavy atom. The third-order valence-corrected chi connectivity index (χ3v) is 3.61. The lowest BCUT2D eigenvalue weighted by atomic mass is 10.2. The predicted octanol–water partition coefficient (Wildman–Crippen LogP) is 4.86. The zero-order chi connectivity index (χ0) is 16.4. The van der Waals surface area contributed by atoms with Gasteiger partial charge in [0.25, 0.3) is 0 Å². The molecule has 0 saturated carbocycles. The molecule has 4 aromatic rings. The molecule has 0 aliphatic heterocycles. The van der Waals surface area contributed by atoms with Crippen LogP contribution in [0.3, 0.4) is 0 Å². The minimum atomic E-state index is -0.200. The molecule has 0 aliphatic carbocycles. The smallest absolute Gasteiger partial charge is 0.128 e. The van der Waals surface area contributed by atoms with E-state index in [9.17, 15) is 4.39 Å². The van der Waals surface area contributed by atoms with E-state index in [1.807, 2.05) is 31.3 Å². The molecule has 116 valence electrons. The average molecular weight is 307 g/mol.